The molecule has 0 N–H and O–H groups in total. The van der Waals surface area contributed by atoms with Crippen molar-refractivity contribution in [2.45, 2.75) is 251 Å². The smallest absolute Gasteiger partial charge is 0.317 e. The van der Waals surface area contributed by atoms with Gasteiger partial charge in [-0.3, -0.25) is 28.8 Å². The lowest BCUT2D eigenvalue weighted by molar-refractivity contribution is -0.211. The highest BCUT2D eigenvalue weighted by molar-refractivity contribution is 5.95. The van der Waals surface area contributed by atoms with Gasteiger partial charge in [-0.1, -0.05) is 122 Å². The number of rotatable bonds is 7. The molecule has 0 spiro atoms. The van der Waals surface area contributed by atoms with Crippen LogP contribution >= 0.6 is 0 Å². The number of carbonyl (C=O) groups excluding carboxylic acids is 6. The Morgan fingerprint density at radius 3 is 1.32 bits per heavy atom. The number of fused-ring (bicyclic) bond motifs is 4. The van der Waals surface area contributed by atoms with Crippen LogP contribution in [0.5, 0.6) is 0 Å². The van der Waals surface area contributed by atoms with Gasteiger partial charge >= 0.3 is 35.8 Å². The molecule has 0 aromatic heterocycles. The summed E-state index contributed by atoms with van der Waals surface area (Å²) < 4.78 is 26.7. The Labute approximate surface area is 450 Å². The van der Waals surface area contributed by atoms with Crippen LogP contribution in [-0.4, -0.2) is 59.7 Å². The number of carbonyl (C=O) groups is 6. The fraction of sp³-hybridized carbons (Fsp3) is 0.903. The third-order valence-corrected chi connectivity index (χ3v) is 19.1. The van der Waals surface area contributed by atoms with Gasteiger partial charge in [0.25, 0.3) is 0 Å². The van der Waals surface area contributed by atoms with Crippen molar-refractivity contribution in [3.63, 3.8) is 0 Å². The highest BCUT2D eigenvalue weighted by Crippen LogP contribution is 2.60. The predicted octanol–water partition coefficient (Wildman–Crippen LogP) is 15.7. The molecule has 2 aliphatic heterocycles. The summed E-state index contributed by atoms with van der Waals surface area (Å²) >= 11 is 0. The van der Waals surface area contributed by atoms with Crippen LogP contribution in [0.2, 0.25) is 0 Å². The molecule has 2 saturated heterocycles. The van der Waals surface area contributed by atoms with Crippen molar-refractivity contribution in [3.05, 3.63) is 0 Å². The summed E-state index contributed by atoms with van der Waals surface area (Å²) in [5.74, 6) is 7.16. The Hall–Kier alpha value is -2.98. The Morgan fingerprint density at radius 2 is 1.00 bits per heavy atom. The molecule has 13 unspecified atom stereocenters. The first kappa shape index (κ1) is 74.3. The minimum Gasteiger partial charge on any atom is -0.461 e. The minimum atomic E-state index is -0.396. The van der Waals surface area contributed by atoms with Gasteiger partial charge in [0.2, 0.25) is 0 Å². The molecule has 8 aliphatic carbocycles. The zero-order chi connectivity index (χ0) is 48.3. The van der Waals surface area contributed by atoms with E-state index in [-0.39, 0.29) is 142 Å². The Kier molecular flexibility index (Phi) is 28.4. The van der Waals surface area contributed by atoms with Crippen molar-refractivity contribution in [2.24, 2.45) is 106 Å². The van der Waals surface area contributed by atoms with E-state index in [4.69, 9.17) is 18.9 Å². The molecule has 8 saturated carbocycles. The summed E-state index contributed by atoms with van der Waals surface area (Å²) in [6.07, 6.45) is 12.0. The first-order valence-electron chi connectivity index (χ1n) is 25.6. The molecule has 10 aliphatic rings. The van der Waals surface area contributed by atoms with E-state index in [0.717, 1.165) is 48.9 Å². The van der Waals surface area contributed by atoms with Crippen LogP contribution in [-0.2, 0) is 52.5 Å². The van der Waals surface area contributed by atoms with Gasteiger partial charge < -0.3 is 23.7 Å². The number of hydrogen-bond donors (Lipinski definition) is 0. The van der Waals surface area contributed by atoms with Gasteiger partial charge in [0.15, 0.2) is 0 Å². The molecule has 11 nitrogen and oxygen atoms in total. The minimum absolute atomic E-state index is 0. The SMILES string of the molecule is C.C.C.C.C.C.C.C.CC1C(=O)OC(=O)C1C.CC1C2CC(C(=O)OC(C)(C)C)C(C2)C1C.CC1C2CC(C(=O)OCC3OC(=O)CC3(C)C)C(C2)C1C.CCC(C)(C)C(=O)OC1(C)C2CC3CC(C2)CC1C3. The first-order chi connectivity index (χ1) is 30.1. The summed E-state index contributed by atoms with van der Waals surface area (Å²) in [7, 11) is 0. The Balaban J connectivity index is -0.000000889. The highest BCUT2D eigenvalue weighted by atomic mass is 16.6. The third-order valence-electron chi connectivity index (χ3n) is 19.1. The fourth-order valence-corrected chi connectivity index (χ4v) is 13.6. The molecule has 2 heterocycles. The molecule has 0 aromatic rings. The topological polar surface area (TPSA) is 149 Å². The number of hydrogen-bond acceptors (Lipinski definition) is 11. The van der Waals surface area contributed by atoms with Crippen molar-refractivity contribution >= 4 is 35.8 Å². The van der Waals surface area contributed by atoms with Crippen LogP contribution in [0.15, 0.2) is 0 Å². The van der Waals surface area contributed by atoms with Crippen LogP contribution < -0.4 is 0 Å². The van der Waals surface area contributed by atoms with Gasteiger partial charge in [-0.25, -0.2) is 0 Å². The normalized spacial score (nSPS) is 37.8. The second kappa shape index (κ2) is 27.9. The van der Waals surface area contributed by atoms with Crippen LogP contribution in [0, 0.1) is 106 Å². The van der Waals surface area contributed by atoms with Crippen molar-refractivity contribution in [1.29, 1.82) is 0 Å². The third kappa shape index (κ3) is 15.8. The summed E-state index contributed by atoms with van der Waals surface area (Å²) in [5.41, 5.74) is -1.09. The number of ether oxygens (including phenoxy) is 5. The maximum Gasteiger partial charge on any atom is 0.317 e. The van der Waals surface area contributed by atoms with E-state index in [2.05, 4.69) is 46.3 Å². The molecule has 10 rings (SSSR count). The molecule has 13 atom stereocenters. The quantitative estimate of drug-likeness (QED) is 0.136. The standard InChI is InChI=1S/C17H26O4.C17H28O2.C14H24O2.C6H8O3.8CH4/c1-9-10(2)12-5-11(9)6-13(12)16(19)20-8-14-17(3,4)7-15(18)21-14;1-5-16(2,3)15(18)19-17(4)13-7-11-6-12(9-13)10-14(17)8-11;1-8-9(2)11-6-10(8)7-12(11)13(15)16-14(3,4)5;1-3-4(2)6(8)9-5(3)7;;;;;;;;/h9-14H,5-8H2,1-4H3;11-14H,5-10H2,1-4H3;8-12H,6-7H2,1-5H3;3-4H,1-2H3;8*1H4. The molecule has 10 fully saturated rings. The van der Waals surface area contributed by atoms with Gasteiger partial charge in [-0.15, -0.1) is 0 Å². The Morgan fingerprint density at radius 1 is 0.589 bits per heavy atom. The summed E-state index contributed by atoms with van der Waals surface area (Å²) in [6, 6.07) is 0. The number of cyclic esters (lactones) is 3. The van der Waals surface area contributed by atoms with Gasteiger partial charge in [-0.2, -0.15) is 0 Å². The van der Waals surface area contributed by atoms with Crippen LogP contribution in [0.3, 0.4) is 0 Å². The molecule has 0 aromatic carbocycles. The van der Waals surface area contributed by atoms with Gasteiger partial charge in [0.05, 0.1) is 35.5 Å². The summed E-state index contributed by atoms with van der Waals surface area (Å²) in [6.45, 7) is 30.9. The zero-order valence-electron chi connectivity index (χ0n) is 42.8. The lowest BCUT2D eigenvalue weighted by atomic mass is 9.50. The van der Waals surface area contributed by atoms with E-state index in [1.54, 1.807) is 13.8 Å². The maximum atomic E-state index is 12.5. The molecule has 11 heteroatoms. The van der Waals surface area contributed by atoms with Crippen molar-refractivity contribution in [3.8, 4) is 0 Å². The predicted molar refractivity (Wildman–Crippen MR) is 300 cm³/mol. The van der Waals surface area contributed by atoms with E-state index in [0.29, 0.717) is 47.8 Å². The molecule has 8 bridgehead atoms. The second-order valence-electron chi connectivity index (χ2n) is 25.2. The summed E-state index contributed by atoms with van der Waals surface area (Å²) in [4.78, 5) is 69.4. The average Bonchev–Trinajstić information content (AvgIpc) is 4.06. The van der Waals surface area contributed by atoms with Gasteiger partial charge in [0.1, 0.15) is 23.9 Å². The number of esters is 6. The van der Waals surface area contributed by atoms with E-state index in [9.17, 15) is 28.8 Å². The lowest BCUT2D eigenvalue weighted by Gasteiger charge is -2.59. The average molecular weight is 1040 g/mol. The molecular formula is C62H118O11. The second-order valence-corrected chi connectivity index (χ2v) is 25.2. The zero-order valence-corrected chi connectivity index (χ0v) is 42.8. The fourth-order valence-electron chi connectivity index (χ4n) is 13.6. The first-order valence-corrected chi connectivity index (χ1v) is 25.6. The highest BCUT2D eigenvalue weighted by Gasteiger charge is 2.58. The lowest BCUT2D eigenvalue weighted by Crippen LogP contribution is -2.58. The molecule has 0 radical (unpaired) electrons. The maximum absolute atomic E-state index is 12.5. The molecule has 73 heavy (non-hydrogen) atoms. The summed E-state index contributed by atoms with van der Waals surface area (Å²) in [5, 5.41) is 0. The van der Waals surface area contributed by atoms with Crippen LogP contribution in [0.25, 0.3) is 0 Å². The van der Waals surface area contributed by atoms with E-state index in [1.807, 2.05) is 48.5 Å². The van der Waals surface area contributed by atoms with Crippen LogP contribution in [0.4, 0.5) is 0 Å². The molecule has 0 amide bonds. The largest absolute Gasteiger partial charge is 0.461 e. The van der Waals surface area contributed by atoms with Crippen molar-refractivity contribution in [2.75, 3.05) is 6.61 Å². The Bertz CT molecular complexity index is 1740. The van der Waals surface area contributed by atoms with Crippen LogP contribution in [0.1, 0.15) is 234 Å². The van der Waals surface area contributed by atoms with Gasteiger partial charge in [0, 0.05) is 5.41 Å². The van der Waals surface area contributed by atoms with Crippen molar-refractivity contribution < 1.29 is 52.5 Å². The van der Waals surface area contributed by atoms with E-state index < -0.39 is 11.9 Å². The molecular weight excluding hydrogens is 921 g/mol. The van der Waals surface area contributed by atoms with Gasteiger partial charge in [-0.05, 0) is 177 Å². The van der Waals surface area contributed by atoms with Crippen molar-refractivity contribution in [1.82, 2.24) is 0 Å². The monoisotopic (exact) mass is 1040 g/mol. The molecule has 432 valence electrons. The van der Waals surface area contributed by atoms with E-state index in [1.165, 1.54) is 44.9 Å². The van der Waals surface area contributed by atoms with E-state index >= 15 is 0 Å².